The number of aliphatic imine (C=N–C) groups is 1. The number of rotatable bonds is 4. The first-order valence-corrected chi connectivity index (χ1v) is 5.69. The number of amidine groups is 1. The number of ether oxygens (including phenoxy) is 1. The first-order valence-electron chi connectivity index (χ1n) is 5.69. The van der Waals surface area contributed by atoms with Gasteiger partial charge in [0.25, 0.3) is 0 Å². The smallest absolute Gasteiger partial charge is 0.407 e. The molecule has 0 rings (SSSR count). The number of nitrogens with two attached hydrogens (primary N) is 1. The third kappa shape index (κ3) is 9.41. The summed E-state index contributed by atoms with van der Waals surface area (Å²) in [5.41, 5.74) is 5.98. The van der Waals surface area contributed by atoms with Crippen LogP contribution in [0.1, 0.15) is 41.0 Å². The van der Waals surface area contributed by atoms with E-state index in [4.69, 9.17) is 10.5 Å². The second-order valence-electron chi connectivity index (χ2n) is 4.80. The van der Waals surface area contributed by atoms with E-state index in [-0.39, 0.29) is 0 Å². The Morgan fingerprint density at radius 3 is 2.53 bits per heavy atom. The lowest BCUT2D eigenvalue weighted by atomic mass is 10.2. The van der Waals surface area contributed by atoms with E-state index in [0.717, 1.165) is 5.57 Å². The lowest BCUT2D eigenvalue weighted by molar-refractivity contribution is 0.0532. The van der Waals surface area contributed by atoms with Crippen molar-refractivity contribution in [3.05, 3.63) is 11.8 Å². The maximum absolute atomic E-state index is 11.3. The largest absolute Gasteiger partial charge is 0.444 e. The molecule has 0 unspecified atom stereocenters. The van der Waals surface area contributed by atoms with Crippen molar-refractivity contribution >= 4 is 11.9 Å². The SMILES string of the molecule is CCC(N)=N/C=C(\C)CNC(=O)OC(C)(C)C. The zero-order valence-corrected chi connectivity index (χ0v) is 11.3. The molecule has 0 aromatic rings. The van der Waals surface area contributed by atoms with Crippen LogP contribution in [0.25, 0.3) is 0 Å². The normalized spacial score (nSPS) is 13.5. The average molecular weight is 241 g/mol. The molecule has 0 heterocycles. The quantitative estimate of drug-likeness (QED) is 0.585. The van der Waals surface area contributed by atoms with E-state index in [1.54, 1.807) is 6.20 Å². The van der Waals surface area contributed by atoms with Gasteiger partial charge in [0, 0.05) is 19.2 Å². The van der Waals surface area contributed by atoms with Gasteiger partial charge in [0.15, 0.2) is 0 Å². The maximum atomic E-state index is 11.3. The van der Waals surface area contributed by atoms with Gasteiger partial charge in [-0.05, 0) is 33.3 Å². The molecule has 98 valence electrons. The van der Waals surface area contributed by atoms with Gasteiger partial charge >= 0.3 is 6.09 Å². The molecule has 3 N–H and O–H groups in total. The van der Waals surface area contributed by atoms with Crippen LogP contribution in [-0.4, -0.2) is 24.1 Å². The zero-order valence-electron chi connectivity index (χ0n) is 11.3. The van der Waals surface area contributed by atoms with Crippen molar-refractivity contribution in [2.45, 2.75) is 46.6 Å². The summed E-state index contributed by atoms with van der Waals surface area (Å²) in [6.45, 7) is 9.66. The number of nitrogens with one attached hydrogen (secondary N) is 1. The highest BCUT2D eigenvalue weighted by Crippen LogP contribution is 2.06. The van der Waals surface area contributed by atoms with Gasteiger partial charge in [-0.25, -0.2) is 9.79 Å². The number of carbonyl (C=O) groups is 1. The fourth-order valence-corrected chi connectivity index (χ4v) is 0.856. The summed E-state index contributed by atoms with van der Waals surface area (Å²) in [4.78, 5) is 15.4. The lowest BCUT2D eigenvalue weighted by Gasteiger charge is -2.19. The Morgan fingerprint density at radius 2 is 2.06 bits per heavy atom. The van der Waals surface area contributed by atoms with E-state index in [1.165, 1.54) is 0 Å². The van der Waals surface area contributed by atoms with Crippen molar-refractivity contribution in [2.24, 2.45) is 10.7 Å². The molecule has 0 saturated carbocycles. The summed E-state index contributed by atoms with van der Waals surface area (Å²) in [6, 6.07) is 0. The second-order valence-corrected chi connectivity index (χ2v) is 4.80. The van der Waals surface area contributed by atoms with Gasteiger partial charge in [-0.3, -0.25) is 0 Å². The summed E-state index contributed by atoms with van der Waals surface area (Å²) in [7, 11) is 0. The Bertz CT molecular complexity index is 314. The van der Waals surface area contributed by atoms with Gasteiger partial charge in [-0.2, -0.15) is 0 Å². The zero-order chi connectivity index (χ0) is 13.5. The van der Waals surface area contributed by atoms with Crippen LogP contribution in [0.2, 0.25) is 0 Å². The fourth-order valence-electron chi connectivity index (χ4n) is 0.856. The summed E-state index contributed by atoms with van der Waals surface area (Å²) < 4.78 is 5.10. The van der Waals surface area contributed by atoms with Crippen molar-refractivity contribution < 1.29 is 9.53 Å². The summed E-state index contributed by atoms with van der Waals surface area (Å²) in [6.07, 6.45) is 1.93. The van der Waals surface area contributed by atoms with E-state index in [1.807, 2.05) is 34.6 Å². The topological polar surface area (TPSA) is 76.7 Å². The van der Waals surface area contributed by atoms with Crippen molar-refractivity contribution in [1.29, 1.82) is 0 Å². The van der Waals surface area contributed by atoms with Crippen LogP contribution in [-0.2, 0) is 4.74 Å². The molecular formula is C12H23N3O2. The van der Waals surface area contributed by atoms with Crippen molar-refractivity contribution in [1.82, 2.24) is 5.32 Å². The number of carbonyl (C=O) groups excluding carboxylic acids is 1. The minimum absolute atomic E-state index is 0.398. The minimum atomic E-state index is -0.480. The lowest BCUT2D eigenvalue weighted by Crippen LogP contribution is -2.33. The molecule has 0 aliphatic carbocycles. The standard InChI is InChI=1S/C12H23N3O2/c1-6-10(13)14-7-9(2)8-15-11(16)17-12(3,4)5/h7H,6,8H2,1-5H3,(H2,13,14)(H,15,16)/b9-7+. The van der Waals surface area contributed by atoms with Crippen LogP contribution in [0.3, 0.4) is 0 Å². The molecule has 0 radical (unpaired) electrons. The van der Waals surface area contributed by atoms with Gasteiger partial charge in [0.05, 0.1) is 5.84 Å². The Kier molecular flexibility index (Phi) is 6.31. The van der Waals surface area contributed by atoms with Crippen LogP contribution >= 0.6 is 0 Å². The minimum Gasteiger partial charge on any atom is -0.444 e. The highest BCUT2D eigenvalue weighted by atomic mass is 16.6. The predicted octanol–water partition coefficient (Wildman–Crippen LogP) is 2.18. The third-order valence-electron chi connectivity index (χ3n) is 1.72. The molecule has 5 heteroatoms. The Balaban J connectivity index is 4.08. The summed E-state index contributed by atoms with van der Waals surface area (Å²) >= 11 is 0. The summed E-state index contributed by atoms with van der Waals surface area (Å²) in [5.74, 6) is 0.571. The number of alkyl carbamates (subject to hydrolysis) is 1. The first kappa shape index (κ1) is 15.5. The molecule has 17 heavy (non-hydrogen) atoms. The van der Waals surface area contributed by atoms with Crippen molar-refractivity contribution in [3.8, 4) is 0 Å². The molecule has 0 spiro atoms. The van der Waals surface area contributed by atoms with Crippen LogP contribution in [0.15, 0.2) is 16.8 Å². The Hall–Kier alpha value is -1.52. The van der Waals surface area contributed by atoms with Crippen LogP contribution < -0.4 is 11.1 Å². The molecule has 0 atom stereocenters. The van der Waals surface area contributed by atoms with E-state index in [9.17, 15) is 4.79 Å². The number of hydrogen-bond donors (Lipinski definition) is 2. The highest BCUT2D eigenvalue weighted by Gasteiger charge is 2.15. The second kappa shape index (κ2) is 6.93. The molecule has 0 aromatic heterocycles. The van der Waals surface area contributed by atoms with E-state index in [2.05, 4.69) is 10.3 Å². The molecule has 0 bridgehead atoms. The fraction of sp³-hybridized carbons (Fsp3) is 0.667. The van der Waals surface area contributed by atoms with Gasteiger partial charge in [-0.1, -0.05) is 6.92 Å². The van der Waals surface area contributed by atoms with E-state index in [0.29, 0.717) is 18.8 Å². The first-order chi connectivity index (χ1) is 7.74. The van der Waals surface area contributed by atoms with E-state index < -0.39 is 11.7 Å². The summed E-state index contributed by atoms with van der Waals surface area (Å²) in [5, 5.41) is 2.64. The molecule has 5 nitrogen and oxygen atoms in total. The van der Waals surface area contributed by atoms with Gasteiger partial charge in [0.2, 0.25) is 0 Å². The van der Waals surface area contributed by atoms with Gasteiger partial charge in [0.1, 0.15) is 5.60 Å². The number of amides is 1. The van der Waals surface area contributed by atoms with Crippen molar-refractivity contribution in [2.75, 3.05) is 6.54 Å². The molecule has 1 amide bonds. The number of nitrogens with zero attached hydrogens (tertiary/aromatic N) is 1. The number of hydrogen-bond acceptors (Lipinski definition) is 3. The Morgan fingerprint density at radius 1 is 1.47 bits per heavy atom. The van der Waals surface area contributed by atoms with E-state index >= 15 is 0 Å². The molecule has 0 saturated heterocycles. The Labute approximate surface area is 103 Å². The molecule has 0 aliphatic heterocycles. The highest BCUT2D eigenvalue weighted by molar-refractivity contribution is 5.80. The van der Waals surface area contributed by atoms with Gasteiger partial charge in [-0.15, -0.1) is 0 Å². The predicted molar refractivity (Wildman–Crippen MR) is 69.9 cm³/mol. The van der Waals surface area contributed by atoms with Crippen LogP contribution in [0, 0.1) is 0 Å². The van der Waals surface area contributed by atoms with Gasteiger partial charge < -0.3 is 15.8 Å². The van der Waals surface area contributed by atoms with Crippen LogP contribution in [0.4, 0.5) is 4.79 Å². The molecule has 0 fully saturated rings. The molecule has 0 aromatic carbocycles. The third-order valence-corrected chi connectivity index (χ3v) is 1.72. The monoisotopic (exact) mass is 241 g/mol. The maximum Gasteiger partial charge on any atom is 0.407 e. The molecule has 0 aliphatic rings. The van der Waals surface area contributed by atoms with Crippen molar-refractivity contribution in [3.63, 3.8) is 0 Å². The molecular weight excluding hydrogens is 218 g/mol. The average Bonchev–Trinajstić information content (AvgIpc) is 2.20. The van der Waals surface area contributed by atoms with Crippen LogP contribution in [0.5, 0.6) is 0 Å².